The SMILES string of the molecule is C[C@@H]1CCc2oc3ccc(NS(=O)(=O)c4ccc5ccccc5c4)cc3c2C1. The molecule has 0 bridgehead atoms. The fourth-order valence-corrected chi connectivity index (χ4v) is 5.15. The zero-order valence-electron chi connectivity index (χ0n) is 15.6. The molecular formula is C23H21NO3S. The Kier molecular flexibility index (Phi) is 3.95. The van der Waals surface area contributed by atoms with Crippen LogP contribution in [0, 0.1) is 5.92 Å². The summed E-state index contributed by atoms with van der Waals surface area (Å²) in [6, 6.07) is 18.4. The summed E-state index contributed by atoms with van der Waals surface area (Å²) in [5.74, 6) is 1.66. The van der Waals surface area contributed by atoms with E-state index >= 15 is 0 Å². The predicted molar refractivity (Wildman–Crippen MR) is 112 cm³/mol. The van der Waals surface area contributed by atoms with E-state index in [-0.39, 0.29) is 4.90 Å². The van der Waals surface area contributed by atoms with Crippen molar-refractivity contribution in [3.63, 3.8) is 0 Å². The Labute approximate surface area is 164 Å². The monoisotopic (exact) mass is 391 g/mol. The normalized spacial score (nSPS) is 17.0. The van der Waals surface area contributed by atoms with Gasteiger partial charge >= 0.3 is 0 Å². The Morgan fingerprint density at radius 1 is 1.00 bits per heavy atom. The van der Waals surface area contributed by atoms with E-state index in [1.165, 1.54) is 5.56 Å². The number of hydrogen-bond donors (Lipinski definition) is 1. The summed E-state index contributed by atoms with van der Waals surface area (Å²) in [6.45, 7) is 2.24. The molecule has 5 rings (SSSR count). The van der Waals surface area contributed by atoms with E-state index < -0.39 is 10.0 Å². The first-order chi connectivity index (χ1) is 13.5. The number of fused-ring (bicyclic) bond motifs is 4. The number of sulfonamides is 1. The summed E-state index contributed by atoms with van der Waals surface area (Å²) in [7, 11) is -3.67. The van der Waals surface area contributed by atoms with Gasteiger partial charge < -0.3 is 4.42 Å². The minimum atomic E-state index is -3.67. The van der Waals surface area contributed by atoms with E-state index in [4.69, 9.17) is 4.42 Å². The third-order valence-corrected chi connectivity index (χ3v) is 6.95. The first kappa shape index (κ1) is 17.3. The van der Waals surface area contributed by atoms with Crippen molar-refractivity contribution in [1.82, 2.24) is 0 Å². The number of aryl methyl sites for hydroxylation is 1. The molecule has 4 nitrogen and oxygen atoms in total. The molecule has 0 saturated heterocycles. The topological polar surface area (TPSA) is 59.3 Å². The van der Waals surface area contributed by atoms with Crippen molar-refractivity contribution in [1.29, 1.82) is 0 Å². The summed E-state index contributed by atoms with van der Waals surface area (Å²) in [5.41, 5.74) is 2.61. The minimum Gasteiger partial charge on any atom is -0.461 e. The van der Waals surface area contributed by atoms with Crippen LogP contribution in [0.2, 0.25) is 0 Å². The van der Waals surface area contributed by atoms with Crippen LogP contribution in [-0.2, 0) is 22.9 Å². The fourth-order valence-electron chi connectivity index (χ4n) is 4.07. The Bertz CT molecular complexity index is 1300. The van der Waals surface area contributed by atoms with E-state index in [9.17, 15) is 8.42 Å². The highest BCUT2D eigenvalue weighted by molar-refractivity contribution is 7.92. The van der Waals surface area contributed by atoms with Crippen LogP contribution < -0.4 is 4.72 Å². The van der Waals surface area contributed by atoms with Crippen LogP contribution in [0.25, 0.3) is 21.7 Å². The molecule has 1 heterocycles. The van der Waals surface area contributed by atoms with Gasteiger partial charge in [0.25, 0.3) is 10.0 Å². The summed E-state index contributed by atoms with van der Waals surface area (Å²) >= 11 is 0. The number of rotatable bonds is 3. The van der Waals surface area contributed by atoms with Crippen LogP contribution in [0.1, 0.15) is 24.7 Å². The molecule has 1 aliphatic carbocycles. The molecule has 0 spiro atoms. The van der Waals surface area contributed by atoms with Gasteiger partial charge in [-0.15, -0.1) is 0 Å². The lowest BCUT2D eigenvalue weighted by atomic mass is 9.88. The van der Waals surface area contributed by atoms with Gasteiger partial charge in [-0.1, -0.05) is 37.3 Å². The minimum absolute atomic E-state index is 0.258. The number of furan rings is 1. The quantitative estimate of drug-likeness (QED) is 0.501. The number of anilines is 1. The Hall–Kier alpha value is -2.79. The highest BCUT2D eigenvalue weighted by atomic mass is 32.2. The molecule has 0 radical (unpaired) electrons. The first-order valence-electron chi connectivity index (χ1n) is 9.55. The second-order valence-electron chi connectivity index (χ2n) is 7.68. The van der Waals surface area contributed by atoms with Crippen molar-refractivity contribution in [3.8, 4) is 0 Å². The molecule has 0 aliphatic heterocycles. The Morgan fingerprint density at radius 3 is 2.68 bits per heavy atom. The first-order valence-corrected chi connectivity index (χ1v) is 11.0. The van der Waals surface area contributed by atoms with E-state index in [1.54, 1.807) is 18.2 Å². The third kappa shape index (κ3) is 2.96. The summed E-state index contributed by atoms with van der Waals surface area (Å²) in [6.07, 6.45) is 3.06. The van der Waals surface area contributed by atoms with Crippen LogP contribution in [0.3, 0.4) is 0 Å². The highest BCUT2D eigenvalue weighted by Crippen LogP contribution is 2.35. The Balaban J connectivity index is 1.52. The molecule has 1 aromatic heterocycles. The van der Waals surface area contributed by atoms with Crippen LogP contribution in [0.4, 0.5) is 5.69 Å². The maximum Gasteiger partial charge on any atom is 0.261 e. The van der Waals surface area contributed by atoms with Gasteiger partial charge in [-0.05, 0) is 59.9 Å². The van der Waals surface area contributed by atoms with E-state index in [0.717, 1.165) is 46.8 Å². The summed E-state index contributed by atoms with van der Waals surface area (Å²) in [4.78, 5) is 0.258. The van der Waals surface area contributed by atoms with Gasteiger partial charge in [0.05, 0.1) is 4.90 Å². The number of nitrogens with one attached hydrogen (secondary N) is 1. The molecule has 0 unspecified atom stereocenters. The number of hydrogen-bond acceptors (Lipinski definition) is 3. The molecule has 142 valence electrons. The average molecular weight is 391 g/mol. The smallest absolute Gasteiger partial charge is 0.261 e. The molecule has 1 atom stereocenters. The lowest BCUT2D eigenvalue weighted by Gasteiger charge is -2.16. The average Bonchev–Trinajstić information content (AvgIpc) is 3.04. The van der Waals surface area contributed by atoms with Crippen molar-refractivity contribution >= 4 is 37.5 Å². The zero-order valence-corrected chi connectivity index (χ0v) is 16.4. The highest BCUT2D eigenvalue weighted by Gasteiger charge is 2.22. The van der Waals surface area contributed by atoms with Gasteiger partial charge in [-0.3, -0.25) is 4.72 Å². The van der Waals surface area contributed by atoms with Gasteiger partial charge in [0, 0.05) is 23.1 Å². The van der Waals surface area contributed by atoms with Crippen LogP contribution in [-0.4, -0.2) is 8.42 Å². The largest absolute Gasteiger partial charge is 0.461 e. The van der Waals surface area contributed by atoms with E-state index in [2.05, 4.69) is 11.6 Å². The van der Waals surface area contributed by atoms with Gasteiger partial charge in [-0.25, -0.2) is 8.42 Å². The van der Waals surface area contributed by atoms with Gasteiger partial charge in [0.1, 0.15) is 11.3 Å². The van der Waals surface area contributed by atoms with Crippen molar-refractivity contribution < 1.29 is 12.8 Å². The van der Waals surface area contributed by atoms with E-state index in [0.29, 0.717) is 11.6 Å². The van der Waals surface area contributed by atoms with Crippen LogP contribution in [0.15, 0.2) is 70.0 Å². The van der Waals surface area contributed by atoms with Crippen molar-refractivity contribution in [3.05, 3.63) is 72.0 Å². The molecular weight excluding hydrogens is 370 g/mol. The van der Waals surface area contributed by atoms with E-state index in [1.807, 2.05) is 42.5 Å². The lowest BCUT2D eigenvalue weighted by Crippen LogP contribution is -2.13. The molecule has 0 amide bonds. The standard InChI is InChI=1S/C23H21NO3S/c1-15-6-10-22-20(12-15)21-14-18(8-11-23(21)27-22)24-28(25,26)19-9-7-16-4-2-3-5-17(16)13-19/h2-5,7-9,11,13-15,24H,6,10,12H2,1H3/t15-/m1/s1. The molecule has 5 heteroatoms. The third-order valence-electron chi connectivity index (χ3n) is 5.57. The molecule has 3 aromatic carbocycles. The maximum absolute atomic E-state index is 12.9. The van der Waals surface area contributed by atoms with Gasteiger partial charge in [-0.2, -0.15) is 0 Å². The molecule has 28 heavy (non-hydrogen) atoms. The molecule has 0 fully saturated rings. The Morgan fingerprint density at radius 2 is 1.82 bits per heavy atom. The predicted octanol–water partition coefficient (Wildman–Crippen LogP) is 5.51. The maximum atomic E-state index is 12.9. The second kappa shape index (κ2) is 6.38. The second-order valence-corrected chi connectivity index (χ2v) is 9.36. The van der Waals surface area contributed by atoms with Crippen molar-refractivity contribution in [2.24, 2.45) is 5.92 Å². The molecule has 0 saturated carbocycles. The van der Waals surface area contributed by atoms with Gasteiger partial charge in [0.2, 0.25) is 0 Å². The molecule has 1 aliphatic rings. The number of benzene rings is 3. The lowest BCUT2D eigenvalue weighted by molar-refractivity contribution is 0.438. The molecule has 4 aromatic rings. The summed E-state index contributed by atoms with van der Waals surface area (Å²) in [5, 5.41) is 2.93. The van der Waals surface area contributed by atoms with Crippen LogP contribution >= 0.6 is 0 Å². The van der Waals surface area contributed by atoms with Crippen molar-refractivity contribution in [2.45, 2.75) is 31.1 Å². The fraction of sp³-hybridized carbons (Fsp3) is 0.217. The zero-order chi connectivity index (χ0) is 19.3. The molecule has 1 N–H and O–H groups in total. The van der Waals surface area contributed by atoms with Crippen LogP contribution in [0.5, 0.6) is 0 Å². The summed E-state index contributed by atoms with van der Waals surface area (Å²) < 4.78 is 34.6. The van der Waals surface area contributed by atoms with Crippen molar-refractivity contribution in [2.75, 3.05) is 4.72 Å². The van der Waals surface area contributed by atoms with Gasteiger partial charge in [0.15, 0.2) is 0 Å².